The van der Waals surface area contributed by atoms with Crippen LogP contribution < -0.4 is 11.1 Å². The van der Waals surface area contributed by atoms with Crippen molar-refractivity contribution in [1.29, 1.82) is 0 Å². The van der Waals surface area contributed by atoms with Crippen molar-refractivity contribution >= 4 is 5.84 Å². The van der Waals surface area contributed by atoms with Crippen LogP contribution in [0.3, 0.4) is 0 Å². The summed E-state index contributed by atoms with van der Waals surface area (Å²) >= 11 is 0. The van der Waals surface area contributed by atoms with E-state index in [1.165, 1.54) is 12.5 Å². The van der Waals surface area contributed by atoms with E-state index in [-0.39, 0.29) is 11.4 Å². The molecule has 0 radical (unpaired) electrons. The van der Waals surface area contributed by atoms with Crippen LogP contribution in [0.15, 0.2) is 35.5 Å². The van der Waals surface area contributed by atoms with Crippen LogP contribution in [-0.4, -0.2) is 17.6 Å². The topological polar surface area (TPSA) is 70.6 Å². The largest absolute Gasteiger partial charge is 0.409 e. The van der Waals surface area contributed by atoms with Crippen LogP contribution in [0.1, 0.15) is 30.4 Å². The normalized spacial score (nSPS) is 19.2. The van der Waals surface area contributed by atoms with Crippen LogP contribution in [0.2, 0.25) is 0 Å². The minimum Gasteiger partial charge on any atom is -0.409 e. The Bertz CT molecular complexity index is 514. The third-order valence-electron chi connectivity index (χ3n) is 3.59. The van der Waals surface area contributed by atoms with Crippen molar-refractivity contribution in [3.05, 3.63) is 47.3 Å². The monoisotopic (exact) mass is 277 g/mol. The summed E-state index contributed by atoms with van der Waals surface area (Å²) in [6.07, 6.45) is 7.79. The maximum absolute atomic E-state index is 14.2. The molecule has 0 amide bonds. The molecule has 0 aromatic heterocycles. The maximum atomic E-state index is 14.2. The number of amidine groups is 1. The van der Waals surface area contributed by atoms with Gasteiger partial charge in [-0.2, -0.15) is 0 Å². The second kappa shape index (κ2) is 7.05. The molecule has 0 bridgehead atoms. The molecule has 0 fully saturated rings. The van der Waals surface area contributed by atoms with Crippen LogP contribution >= 0.6 is 0 Å². The van der Waals surface area contributed by atoms with E-state index >= 15 is 0 Å². The minimum absolute atomic E-state index is 0.132. The van der Waals surface area contributed by atoms with E-state index in [0.29, 0.717) is 18.0 Å². The molecule has 0 saturated heterocycles. The van der Waals surface area contributed by atoms with Gasteiger partial charge in [0.25, 0.3) is 0 Å². The van der Waals surface area contributed by atoms with Crippen LogP contribution in [0, 0.1) is 11.7 Å². The molecule has 1 unspecified atom stereocenters. The zero-order chi connectivity index (χ0) is 14.4. The molecule has 2 rings (SSSR count). The average Bonchev–Trinajstić information content (AvgIpc) is 2.49. The lowest BCUT2D eigenvalue weighted by molar-refractivity contribution is 0.318. The fourth-order valence-corrected chi connectivity index (χ4v) is 2.42. The van der Waals surface area contributed by atoms with Crippen LogP contribution in [0.25, 0.3) is 0 Å². The van der Waals surface area contributed by atoms with Gasteiger partial charge in [-0.25, -0.2) is 4.39 Å². The van der Waals surface area contributed by atoms with Gasteiger partial charge in [-0.15, -0.1) is 0 Å². The highest BCUT2D eigenvalue weighted by atomic mass is 19.1. The first-order valence-corrected chi connectivity index (χ1v) is 6.83. The number of oxime groups is 1. The van der Waals surface area contributed by atoms with E-state index < -0.39 is 5.82 Å². The molecule has 1 aliphatic rings. The number of allylic oxidation sites excluding steroid dienone is 2. The highest BCUT2D eigenvalue weighted by Gasteiger charge is 2.13. The third kappa shape index (κ3) is 3.57. The van der Waals surface area contributed by atoms with Gasteiger partial charge < -0.3 is 16.3 Å². The van der Waals surface area contributed by atoms with Crippen molar-refractivity contribution in [2.75, 3.05) is 6.54 Å². The third-order valence-corrected chi connectivity index (χ3v) is 3.59. The summed E-state index contributed by atoms with van der Waals surface area (Å²) in [6.45, 7) is 1.32. The van der Waals surface area contributed by atoms with E-state index in [1.807, 2.05) is 0 Å². The predicted molar refractivity (Wildman–Crippen MR) is 77.1 cm³/mol. The molecule has 108 valence electrons. The number of benzene rings is 1. The summed E-state index contributed by atoms with van der Waals surface area (Å²) in [5, 5.41) is 14.7. The molecule has 0 saturated carbocycles. The van der Waals surface area contributed by atoms with Gasteiger partial charge in [0.2, 0.25) is 0 Å². The molecule has 1 aromatic rings. The lowest BCUT2D eigenvalue weighted by atomic mass is 9.94. The summed E-state index contributed by atoms with van der Waals surface area (Å²) in [5.74, 6) is -0.0177. The van der Waals surface area contributed by atoms with E-state index in [9.17, 15) is 4.39 Å². The lowest BCUT2D eigenvalue weighted by Crippen LogP contribution is -2.24. The fraction of sp³-hybridized carbons (Fsp3) is 0.400. The predicted octanol–water partition coefficient (Wildman–Crippen LogP) is 2.37. The highest BCUT2D eigenvalue weighted by Crippen LogP contribution is 2.17. The van der Waals surface area contributed by atoms with E-state index in [1.54, 1.807) is 12.1 Å². The summed E-state index contributed by atoms with van der Waals surface area (Å²) in [5.41, 5.74) is 6.10. The highest BCUT2D eigenvalue weighted by molar-refractivity contribution is 5.97. The molecular formula is C15H20FN3O. The number of hydrogen-bond acceptors (Lipinski definition) is 3. The molecule has 0 heterocycles. The SMILES string of the molecule is N/C(=N/O)c1cccc(CNCC2CC=CCC2)c1F. The van der Waals surface area contributed by atoms with Crippen molar-refractivity contribution in [1.82, 2.24) is 5.32 Å². The quantitative estimate of drug-likeness (QED) is 0.254. The van der Waals surface area contributed by atoms with Crippen molar-refractivity contribution in [3.63, 3.8) is 0 Å². The molecule has 1 aliphatic carbocycles. The van der Waals surface area contributed by atoms with Gasteiger partial charge in [-0.1, -0.05) is 29.4 Å². The van der Waals surface area contributed by atoms with Crippen LogP contribution in [0.4, 0.5) is 4.39 Å². The summed E-state index contributed by atoms with van der Waals surface area (Å²) in [7, 11) is 0. The molecule has 4 N–H and O–H groups in total. The minimum atomic E-state index is -0.432. The van der Waals surface area contributed by atoms with Gasteiger partial charge in [0.1, 0.15) is 5.82 Å². The summed E-state index contributed by atoms with van der Waals surface area (Å²) < 4.78 is 14.2. The zero-order valence-corrected chi connectivity index (χ0v) is 11.3. The number of nitrogens with two attached hydrogens (primary N) is 1. The van der Waals surface area contributed by atoms with E-state index in [4.69, 9.17) is 10.9 Å². The number of halogens is 1. The van der Waals surface area contributed by atoms with Gasteiger partial charge in [0.15, 0.2) is 5.84 Å². The van der Waals surface area contributed by atoms with Crippen LogP contribution in [0.5, 0.6) is 0 Å². The van der Waals surface area contributed by atoms with Crippen molar-refractivity contribution in [3.8, 4) is 0 Å². The molecule has 1 atom stereocenters. The first-order valence-electron chi connectivity index (χ1n) is 6.83. The molecule has 5 heteroatoms. The second-order valence-electron chi connectivity index (χ2n) is 5.05. The number of nitrogens with one attached hydrogen (secondary N) is 1. The number of hydrogen-bond donors (Lipinski definition) is 3. The molecule has 1 aromatic carbocycles. The first-order chi connectivity index (χ1) is 9.72. The zero-order valence-electron chi connectivity index (χ0n) is 11.3. The standard InChI is InChI=1S/C15H20FN3O/c16-14-12(7-4-8-13(14)15(17)19-20)10-18-9-11-5-2-1-3-6-11/h1-2,4,7-8,11,18,20H,3,5-6,9-10H2,(H2,17,19). The Labute approximate surface area is 118 Å². The van der Waals surface area contributed by atoms with Crippen molar-refractivity contribution < 1.29 is 9.60 Å². The van der Waals surface area contributed by atoms with Gasteiger partial charge in [-0.05, 0) is 37.8 Å². The number of nitrogens with zero attached hydrogens (tertiary/aromatic N) is 1. The molecule has 4 nitrogen and oxygen atoms in total. The van der Waals surface area contributed by atoms with Gasteiger partial charge in [-0.3, -0.25) is 0 Å². The molecule has 0 spiro atoms. The van der Waals surface area contributed by atoms with E-state index in [0.717, 1.165) is 19.4 Å². The van der Waals surface area contributed by atoms with Crippen LogP contribution in [-0.2, 0) is 6.54 Å². The Morgan fingerprint density at radius 3 is 3.00 bits per heavy atom. The Morgan fingerprint density at radius 2 is 2.30 bits per heavy atom. The Morgan fingerprint density at radius 1 is 1.45 bits per heavy atom. The Hall–Kier alpha value is -1.88. The molecular weight excluding hydrogens is 257 g/mol. The lowest BCUT2D eigenvalue weighted by Gasteiger charge is -2.18. The smallest absolute Gasteiger partial charge is 0.173 e. The second-order valence-corrected chi connectivity index (χ2v) is 5.05. The summed E-state index contributed by atoms with van der Waals surface area (Å²) in [4.78, 5) is 0. The van der Waals surface area contributed by atoms with E-state index in [2.05, 4.69) is 22.6 Å². The van der Waals surface area contributed by atoms with Gasteiger partial charge in [0.05, 0.1) is 5.56 Å². The Balaban J connectivity index is 1.94. The van der Waals surface area contributed by atoms with Gasteiger partial charge >= 0.3 is 0 Å². The molecule has 0 aliphatic heterocycles. The Kier molecular flexibility index (Phi) is 5.12. The maximum Gasteiger partial charge on any atom is 0.173 e. The van der Waals surface area contributed by atoms with Gasteiger partial charge in [0, 0.05) is 12.1 Å². The van der Waals surface area contributed by atoms with Crippen molar-refractivity contribution in [2.24, 2.45) is 16.8 Å². The number of rotatable bonds is 5. The van der Waals surface area contributed by atoms with Crippen molar-refractivity contribution in [2.45, 2.75) is 25.8 Å². The molecule has 20 heavy (non-hydrogen) atoms. The average molecular weight is 277 g/mol. The summed E-state index contributed by atoms with van der Waals surface area (Å²) in [6, 6.07) is 4.91. The fourth-order valence-electron chi connectivity index (χ4n) is 2.42. The first kappa shape index (κ1) is 14.5.